The van der Waals surface area contributed by atoms with Gasteiger partial charge in [-0.1, -0.05) is 12.1 Å². The predicted molar refractivity (Wildman–Crippen MR) is 83.6 cm³/mol. The average molecular weight is 303 g/mol. The molecule has 0 spiro atoms. The maximum absolute atomic E-state index is 12.1. The molecule has 2 rings (SSSR count). The number of carbonyl (C=O) groups is 2. The highest BCUT2D eigenvalue weighted by Gasteiger charge is 2.15. The Bertz CT molecular complexity index is 702. The van der Waals surface area contributed by atoms with Crippen molar-refractivity contribution in [1.82, 2.24) is 5.32 Å². The van der Waals surface area contributed by atoms with Crippen LogP contribution >= 0.6 is 0 Å². The van der Waals surface area contributed by atoms with Crippen molar-refractivity contribution in [2.24, 2.45) is 0 Å². The largest absolute Gasteiger partial charge is 0.469 e. The quantitative estimate of drug-likeness (QED) is 0.862. The van der Waals surface area contributed by atoms with Crippen molar-refractivity contribution in [1.29, 1.82) is 0 Å². The molecule has 1 aromatic carbocycles. The van der Waals surface area contributed by atoms with Gasteiger partial charge in [-0.3, -0.25) is 9.59 Å². The second-order valence-corrected chi connectivity index (χ2v) is 5.57. The second-order valence-electron chi connectivity index (χ2n) is 5.57. The van der Waals surface area contributed by atoms with Gasteiger partial charge in [0.15, 0.2) is 0 Å². The second kappa shape index (κ2) is 6.64. The molecule has 1 unspecified atom stereocenters. The fourth-order valence-corrected chi connectivity index (χ4v) is 2.41. The Kier molecular flexibility index (Phi) is 4.85. The molecule has 0 fully saturated rings. The van der Waals surface area contributed by atoms with Crippen LogP contribution in [-0.4, -0.2) is 25.0 Å². The van der Waals surface area contributed by atoms with Gasteiger partial charge in [0.25, 0.3) is 0 Å². The van der Waals surface area contributed by atoms with Crippen LogP contribution in [0.25, 0.3) is 11.0 Å². The molecular weight excluding hydrogens is 282 g/mol. The number of hydrogen-bond donors (Lipinski definition) is 1. The smallest absolute Gasteiger partial charge is 0.307 e. The van der Waals surface area contributed by atoms with Crippen LogP contribution in [0.15, 0.2) is 22.8 Å². The van der Waals surface area contributed by atoms with Crippen LogP contribution in [0.5, 0.6) is 0 Å². The van der Waals surface area contributed by atoms with Gasteiger partial charge < -0.3 is 14.5 Å². The normalized spacial score (nSPS) is 12.2. The number of benzene rings is 1. The van der Waals surface area contributed by atoms with Crippen LogP contribution in [0.2, 0.25) is 0 Å². The van der Waals surface area contributed by atoms with Crippen molar-refractivity contribution in [3.63, 3.8) is 0 Å². The van der Waals surface area contributed by atoms with Gasteiger partial charge in [-0.2, -0.15) is 0 Å². The maximum atomic E-state index is 12.1. The first-order valence-electron chi connectivity index (χ1n) is 7.24. The zero-order chi connectivity index (χ0) is 16.3. The Morgan fingerprint density at radius 3 is 2.73 bits per heavy atom. The van der Waals surface area contributed by atoms with Gasteiger partial charge in [-0.15, -0.1) is 0 Å². The summed E-state index contributed by atoms with van der Waals surface area (Å²) in [6.45, 7) is 5.80. The SMILES string of the molecule is COC(=O)CC(C)NC(=O)Cc1coc2c(C)c(C)ccc12. The molecule has 1 atom stereocenters. The number of nitrogens with one attached hydrogen (secondary N) is 1. The number of ether oxygens (including phenoxy) is 1. The minimum atomic E-state index is -0.340. The zero-order valence-corrected chi connectivity index (χ0v) is 13.4. The summed E-state index contributed by atoms with van der Waals surface area (Å²) < 4.78 is 10.2. The molecule has 0 bridgehead atoms. The third-order valence-corrected chi connectivity index (χ3v) is 3.80. The van der Waals surface area contributed by atoms with E-state index in [1.54, 1.807) is 13.2 Å². The van der Waals surface area contributed by atoms with Gasteiger partial charge in [-0.05, 0) is 31.9 Å². The monoisotopic (exact) mass is 303 g/mol. The third kappa shape index (κ3) is 3.47. The number of amides is 1. The lowest BCUT2D eigenvalue weighted by atomic mass is 10.0. The molecule has 0 aliphatic heterocycles. The van der Waals surface area contributed by atoms with E-state index in [0.29, 0.717) is 0 Å². The first kappa shape index (κ1) is 16.1. The minimum absolute atomic E-state index is 0.141. The molecule has 5 nitrogen and oxygen atoms in total. The van der Waals surface area contributed by atoms with E-state index >= 15 is 0 Å². The van der Waals surface area contributed by atoms with E-state index < -0.39 is 0 Å². The number of methoxy groups -OCH3 is 1. The Labute approximate surface area is 129 Å². The van der Waals surface area contributed by atoms with Crippen LogP contribution in [0, 0.1) is 13.8 Å². The summed E-state index contributed by atoms with van der Waals surface area (Å²) in [5.41, 5.74) is 3.92. The number of fused-ring (bicyclic) bond motifs is 1. The Balaban J connectivity index is 2.06. The first-order chi connectivity index (χ1) is 10.4. The van der Waals surface area contributed by atoms with E-state index in [0.717, 1.165) is 27.7 Å². The molecule has 0 saturated carbocycles. The van der Waals surface area contributed by atoms with E-state index in [2.05, 4.69) is 10.1 Å². The van der Waals surface area contributed by atoms with Crippen molar-refractivity contribution < 1.29 is 18.7 Å². The van der Waals surface area contributed by atoms with Crippen LogP contribution in [0.3, 0.4) is 0 Å². The number of hydrogen-bond acceptors (Lipinski definition) is 4. The molecule has 2 aromatic rings. The highest BCUT2D eigenvalue weighted by molar-refractivity contribution is 5.89. The molecular formula is C17H21NO4. The molecule has 118 valence electrons. The van der Waals surface area contributed by atoms with Gasteiger partial charge in [0.2, 0.25) is 5.91 Å². The summed E-state index contributed by atoms with van der Waals surface area (Å²) in [6, 6.07) is 3.73. The fourth-order valence-electron chi connectivity index (χ4n) is 2.41. The molecule has 1 heterocycles. The molecule has 1 aromatic heterocycles. The maximum Gasteiger partial charge on any atom is 0.307 e. The number of rotatable bonds is 5. The predicted octanol–water partition coefficient (Wildman–Crippen LogP) is 2.66. The van der Waals surface area contributed by atoms with E-state index in [-0.39, 0.29) is 30.8 Å². The highest BCUT2D eigenvalue weighted by Crippen LogP contribution is 2.26. The average Bonchev–Trinajstić information content (AvgIpc) is 2.86. The van der Waals surface area contributed by atoms with E-state index in [4.69, 9.17) is 4.42 Å². The summed E-state index contributed by atoms with van der Waals surface area (Å²) in [5, 5.41) is 3.75. The van der Waals surface area contributed by atoms with E-state index in [1.165, 1.54) is 7.11 Å². The number of furan rings is 1. The summed E-state index contributed by atoms with van der Waals surface area (Å²) in [7, 11) is 1.33. The lowest BCUT2D eigenvalue weighted by molar-refractivity contribution is -0.141. The fraction of sp³-hybridized carbons (Fsp3) is 0.412. The van der Waals surface area contributed by atoms with Crippen molar-refractivity contribution >= 4 is 22.8 Å². The number of aryl methyl sites for hydroxylation is 2. The van der Waals surface area contributed by atoms with Crippen LogP contribution in [0.4, 0.5) is 0 Å². The molecule has 22 heavy (non-hydrogen) atoms. The van der Waals surface area contributed by atoms with E-state index in [1.807, 2.05) is 26.0 Å². The van der Waals surface area contributed by atoms with Crippen LogP contribution in [0.1, 0.15) is 30.0 Å². The van der Waals surface area contributed by atoms with Gasteiger partial charge in [0.1, 0.15) is 5.58 Å². The van der Waals surface area contributed by atoms with Gasteiger partial charge >= 0.3 is 5.97 Å². The summed E-state index contributed by atoms with van der Waals surface area (Å²) in [5.74, 6) is -0.481. The molecule has 5 heteroatoms. The standard InChI is InChI=1S/C17H21NO4/c1-10-5-6-14-13(9-22-17(14)12(10)3)8-15(19)18-11(2)7-16(20)21-4/h5-6,9,11H,7-8H2,1-4H3,(H,18,19). The summed E-state index contributed by atoms with van der Waals surface area (Å²) in [6.07, 6.45) is 2.01. The van der Waals surface area contributed by atoms with Crippen LogP contribution < -0.4 is 5.32 Å². The van der Waals surface area contributed by atoms with Gasteiger partial charge in [-0.25, -0.2) is 0 Å². The molecule has 0 saturated heterocycles. The topological polar surface area (TPSA) is 68.5 Å². The highest BCUT2D eigenvalue weighted by atomic mass is 16.5. The Morgan fingerprint density at radius 2 is 2.05 bits per heavy atom. The Hall–Kier alpha value is -2.30. The van der Waals surface area contributed by atoms with Gasteiger partial charge in [0.05, 0.1) is 26.2 Å². The van der Waals surface area contributed by atoms with Crippen molar-refractivity contribution in [3.05, 3.63) is 35.1 Å². The Morgan fingerprint density at radius 1 is 1.32 bits per heavy atom. The summed E-state index contributed by atoms with van der Waals surface area (Å²) in [4.78, 5) is 23.3. The lowest BCUT2D eigenvalue weighted by Crippen LogP contribution is -2.35. The van der Waals surface area contributed by atoms with E-state index in [9.17, 15) is 9.59 Å². The molecule has 0 radical (unpaired) electrons. The first-order valence-corrected chi connectivity index (χ1v) is 7.24. The van der Waals surface area contributed by atoms with Crippen LogP contribution in [-0.2, 0) is 20.7 Å². The molecule has 0 aliphatic carbocycles. The summed E-state index contributed by atoms with van der Waals surface area (Å²) >= 11 is 0. The lowest BCUT2D eigenvalue weighted by Gasteiger charge is -2.12. The minimum Gasteiger partial charge on any atom is -0.469 e. The molecule has 1 amide bonds. The number of carbonyl (C=O) groups excluding carboxylic acids is 2. The zero-order valence-electron chi connectivity index (χ0n) is 13.4. The van der Waals surface area contributed by atoms with Crippen molar-refractivity contribution in [2.45, 2.75) is 39.7 Å². The van der Waals surface area contributed by atoms with Gasteiger partial charge in [0, 0.05) is 17.0 Å². The molecule has 1 N–H and O–H groups in total. The number of esters is 1. The van der Waals surface area contributed by atoms with Crippen molar-refractivity contribution in [3.8, 4) is 0 Å². The van der Waals surface area contributed by atoms with Crippen molar-refractivity contribution in [2.75, 3.05) is 7.11 Å². The molecule has 0 aliphatic rings. The third-order valence-electron chi connectivity index (χ3n) is 3.80.